The molecule has 0 aromatic heterocycles. The molecule has 2 N–H and O–H groups in total. The van der Waals surface area contributed by atoms with Crippen molar-refractivity contribution in [1.82, 2.24) is 10.6 Å². The Balaban J connectivity index is 1.72. The van der Waals surface area contributed by atoms with Gasteiger partial charge in [0.25, 0.3) is 0 Å². The van der Waals surface area contributed by atoms with Gasteiger partial charge in [-0.1, -0.05) is 17.7 Å². The summed E-state index contributed by atoms with van der Waals surface area (Å²) in [7, 11) is 0. The molecule has 0 heterocycles. The number of rotatable bonds is 6. The highest BCUT2D eigenvalue weighted by Crippen LogP contribution is 2.28. The summed E-state index contributed by atoms with van der Waals surface area (Å²) in [5.41, 5.74) is 5.37. The van der Waals surface area contributed by atoms with Crippen LogP contribution in [0, 0.1) is 26.7 Å². The molecule has 1 aromatic carbocycles. The molecule has 0 unspecified atom stereocenters. The zero-order chi connectivity index (χ0) is 13.8. The number of benzene rings is 1. The molecule has 1 aromatic rings. The minimum atomic E-state index is 0.226. The average molecular weight is 260 g/mol. The predicted molar refractivity (Wildman–Crippen MR) is 78.1 cm³/mol. The highest BCUT2D eigenvalue weighted by Gasteiger charge is 2.28. The van der Waals surface area contributed by atoms with Gasteiger partial charge in [0.2, 0.25) is 5.91 Å². The fourth-order valence-corrected chi connectivity index (χ4v) is 2.47. The molecule has 3 nitrogen and oxygen atoms in total. The van der Waals surface area contributed by atoms with Gasteiger partial charge in [-0.2, -0.15) is 0 Å². The van der Waals surface area contributed by atoms with Crippen LogP contribution in [0.25, 0.3) is 0 Å². The van der Waals surface area contributed by atoms with E-state index >= 15 is 0 Å². The highest BCUT2D eigenvalue weighted by molar-refractivity contribution is 5.80. The Morgan fingerprint density at radius 2 is 1.79 bits per heavy atom. The molecule has 1 amide bonds. The lowest BCUT2D eigenvalue weighted by atomic mass is 10.00. The van der Waals surface area contributed by atoms with Crippen molar-refractivity contribution in [2.75, 3.05) is 13.1 Å². The second-order valence-electron chi connectivity index (χ2n) is 5.62. The minimum absolute atomic E-state index is 0.226. The molecule has 1 fully saturated rings. The molecule has 1 aliphatic rings. The summed E-state index contributed by atoms with van der Waals surface area (Å²) in [5.74, 6) is 0.533. The Labute approximate surface area is 115 Å². The molecule has 0 saturated heterocycles. The minimum Gasteiger partial charge on any atom is -0.355 e. The summed E-state index contributed by atoms with van der Waals surface area (Å²) in [5, 5.41) is 6.37. The van der Waals surface area contributed by atoms with E-state index in [1.807, 2.05) is 0 Å². The van der Waals surface area contributed by atoms with Crippen LogP contribution in [-0.2, 0) is 11.3 Å². The predicted octanol–water partition coefficient (Wildman–Crippen LogP) is 2.23. The maximum Gasteiger partial charge on any atom is 0.223 e. The van der Waals surface area contributed by atoms with Gasteiger partial charge in [0.15, 0.2) is 0 Å². The second kappa shape index (κ2) is 6.20. The van der Waals surface area contributed by atoms with Crippen molar-refractivity contribution in [2.45, 2.75) is 40.2 Å². The smallest absolute Gasteiger partial charge is 0.223 e. The van der Waals surface area contributed by atoms with Gasteiger partial charge in [-0.05, 0) is 50.3 Å². The number of amides is 1. The fraction of sp³-hybridized carbons (Fsp3) is 0.562. The number of nitrogens with one attached hydrogen (secondary N) is 2. The van der Waals surface area contributed by atoms with Gasteiger partial charge >= 0.3 is 0 Å². The first-order valence-corrected chi connectivity index (χ1v) is 7.13. The molecular weight excluding hydrogens is 236 g/mol. The van der Waals surface area contributed by atoms with Crippen molar-refractivity contribution < 1.29 is 4.79 Å². The third-order valence-corrected chi connectivity index (χ3v) is 3.69. The van der Waals surface area contributed by atoms with Gasteiger partial charge in [-0.25, -0.2) is 0 Å². The first-order chi connectivity index (χ1) is 9.08. The molecule has 0 atom stereocenters. The largest absolute Gasteiger partial charge is 0.355 e. The average Bonchev–Trinajstić information content (AvgIpc) is 3.15. The zero-order valence-corrected chi connectivity index (χ0v) is 12.2. The van der Waals surface area contributed by atoms with Crippen LogP contribution in [0.3, 0.4) is 0 Å². The Morgan fingerprint density at radius 3 is 2.37 bits per heavy atom. The molecule has 1 saturated carbocycles. The summed E-state index contributed by atoms with van der Waals surface area (Å²) in [4.78, 5) is 11.4. The molecule has 2 rings (SSSR count). The zero-order valence-electron chi connectivity index (χ0n) is 12.2. The molecule has 0 aliphatic heterocycles. The van der Waals surface area contributed by atoms with Crippen LogP contribution in [0.4, 0.5) is 0 Å². The Bertz CT molecular complexity index is 441. The van der Waals surface area contributed by atoms with Crippen molar-refractivity contribution in [3.63, 3.8) is 0 Å². The third kappa shape index (κ3) is 4.06. The quantitative estimate of drug-likeness (QED) is 0.770. The summed E-state index contributed by atoms with van der Waals surface area (Å²) in [6.45, 7) is 8.87. The van der Waals surface area contributed by atoms with E-state index in [1.54, 1.807) is 0 Å². The number of carbonyl (C=O) groups is 1. The number of carbonyl (C=O) groups excluding carboxylic acids is 1. The van der Waals surface area contributed by atoms with Gasteiger partial charge in [-0.3, -0.25) is 4.79 Å². The molecule has 19 heavy (non-hydrogen) atoms. The number of hydrogen-bond donors (Lipinski definition) is 2. The summed E-state index contributed by atoms with van der Waals surface area (Å²) in [6, 6.07) is 4.44. The van der Waals surface area contributed by atoms with Crippen LogP contribution >= 0.6 is 0 Å². The lowest BCUT2D eigenvalue weighted by molar-refractivity contribution is -0.122. The lowest BCUT2D eigenvalue weighted by Crippen LogP contribution is -2.32. The summed E-state index contributed by atoms with van der Waals surface area (Å²) >= 11 is 0. The van der Waals surface area contributed by atoms with Crippen molar-refractivity contribution >= 4 is 5.91 Å². The molecule has 3 heteroatoms. The van der Waals surface area contributed by atoms with Crippen molar-refractivity contribution in [3.05, 3.63) is 34.4 Å². The Hall–Kier alpha value is -1.35. The van der Waals surface area contributed by atoms with E-state index in [-0.39, 0.29) is 5.91 Å². The van der Waals surface area contributed by atoms with E-state index in [0.29, 0.717) is 5.92 Å². The molecule has 104 valence electrons. The highest BCUT2D eigenvalue weighted by atomic mass is 16.2. The van der Waals surface area contributed by atoms with E-state index < -0.39 is 0 Å². The fourth-order valence-electron chi connectivity index (χ4n) is 2.47. The first-order valence-electron chi connectivity index (χ1n) is 7.13. The van der Waals surface area contributed by atoms with E-state index in [4.69, 9.17) is 0 Å². The lowest BCUT2D eigenvalue weighted by Gasteiger charge is -2.12. The van der Waals surface area contributed by atoms with Crippen LogP contribution in [0.15, 0.2) is 12.1 Å². The molecule has 0 radical (unpaired) electrons. The van der Waals surface area contributed by atoms with Crippen LogP contribution < -0.4 is 10.6 Å². The summed E-state index contributed by atoms with van der Waals surface area (Å²) < 4.78 is 0. The van der Waals surface area contributed by atoms with Gasteiger partial charge in [0.1, 0.15) is 0 Å². The SMILES string of the molecule is Cc1cc(C)c(CNCCNC(=O)C2CC2)c(C)c1. The van der Waals surface area contributed by atoms with Gasteiger partial charge in [-0.15, -0.1) is 0 Å². The van der Waals surface area contributed by atoms with Gasteiger partial charge in [0, 0.05) is 25.6 Å². The van der Waals surface area contributed by atoms with Crippen LogP contribution in [-0.4, -0.2) is 19.0 Å². The van der Waals surface area contributed by atoms with E-state index in [0.717, 1.165) is 32.5 Å². The molecule has 1 aliphatic carbocycles. The van der Waals surface area contributed by atoms with E-state index in [9.17, 15) is 4.79 Å². The van der Waals surface area contributed by atoms with Crippen LogP contribution in [0.2, 0.25) is 0 Å². The van der Waals surface area contributed by atoms with Crippen LogP contribution in [0.5, 0.6) is 0 Å². The maximum absolute atomic E-state index is 11.4. The van der Waals surface area contributed by atoms with Gasteiger partial charge in [0.05, 0.1) is 0 Å². The first kappa shape index (κ1) is 14.1. The van der Waals surface area contributed by atoms with Gasteiger partial charge < -0.3 is 10.6 Å². The van der Waals surface area contributed by atoms with E-state index in [2.05, 4.69) is 43.5 Å². The Morgan fingerprint density at radius 1 is 1.16 bits per heavy atom. The molecule has 0 bridgehead atoms. The normalized spacial score (nSPS) is 14.5. The van der Waals surface area contributed by atoms with E-state index in [1.165, 1.54) is 22.3 Å². The van der Waals surface area contributed by atoms with Crippen molar-refractivity contribution in [2.24, 2.45) is 5.92 Å². The Kier molecular flexibility index (Phi) is 4.59. The third-order valence-electron chi connectivity index (χ3n) is 3.69. The van der Waals surface area contributed by atoms with Crippen molar-refractivity contribution in [3.8, 4) is 0 Å². The monoisotopic (exact) mass is 260 g/mol. The number of hydrogen-bond acceptors (Lipinski definition) is 2. The molecular formula is C16H24N2O. The second-order valence-corrected chi connectivity index (χ2v) is 5.62. The maximum atomic E-state index is 11.4. The van der Waals surface area contributed by atoms with Crippen LogP contribution in [0.1, 0.15) is 35.1 Å². The molecule has 0 spiro atoms. The topological polar surface area (TPSA) is 41.1 Å². The number of aryl methyl sites for hydroxylation is 3. The summed E-state index contributed by atoms with van der Waals surface area (Å²) in [6.07, 6.45) is 2.14. The van der Waals surface area contributed by atoms with Crippen molar-refractivity contribution in [1.29, 1.82) is 0 Å². The standard InChI is InChI=1S/C16H24N2O/c1-11-8-12(2)15(13(3)9-11)10-17-6-7-18-16(19)14-4-5-14/h8-9,14,17H,4-7,10H2,1-3H3,(H,18,19).